The topological polar surface area (TPSA) is 15.3 Å². The van der Waals surface area contributed by atoms with Crippen molar-refractivity contribution in [2.24, 2.45) is 5.92 Å². The number of alkyl halides is 2. The fourth-order valence-electron chi connectivity index (χ4n) is 1.66. The van der Waals surface area contributed by atoms with Crippen molar-refractivity contribution < 1.29 is 8.78 Å². The van der Waals surface area contributed by atoms with Crippen molar-refractivity contribution in [3.8, 4) is 0 Å². The van der Waals surface area contributed by atoms with Gasteiger partial charge in [0, 0.05) is 12.5 Å². The van der Waals surface area contributed by atoms with Crippen LogP contribution in [0.15, 0.2) is 0 Å². The zero-order valence-corrected chi connectivity index (χ0v) is 7.61. The van der Waals surface area contributed by atoms with Gasteiger partial charge in [-0.3, -0.25) is 0 Å². The molecule has 0 spiro atoms. The molecule has 1 aliphatic rings. The van der Waals surface area contributed by atoms with Gasteiger partial charge in [-0.05, 0) is 27.1 Å². The molecule has 72 valence electrons. The Bertz CT molecular complexity index is 150. The molecule has 1 aliphatic heterocycles. The molecule has 12 heavy (non-hydrogen) atoms. The number of hydrogen-bond acceptors (Lipinski definition) is 2. The first kappa shape index (κ1) is 9.86. The van der Waals surface area contributed by atoms with Crippen LogP contribution in [0.5, 0.6) is 0 Å². The van der Waals surface area contributed by atoms with Crippen molar-refractivity contribution in [1.82, 2.24) is 10.2 Å². The van der Waals surface area contributed by atoms with Gasteiger partial charge in [-0.2, -0.15) is 0 Å². The molecule has 0 radical (unpaired) electrons. The lowest BCUT2D eigenvalue weighted by molar-refractivity contribution is -0.0498. The smallest absolute Gasteiger partial charge is 0.264 e. The first-order valence-electron chi connectivity index (χ1n) is 4.27. The summed E-state index contributed by atoms with van der Waals surface area (Å²) in [6, 6.07) is 0. The molecular formula is C8H16F2N2. The maximum absolute atomic E-state index is 13.2. The predicted molar refractivity (Wildman–Crippen MR) is 44.5 cm³/mol. The normalized spacial score (nSPS) is 26.5. The molecule has 4 heteroatoms. The standard InChI is InChI=1S/C8H16F2N2/c1-11-6-8(9,10)7-3-4-12(2)5-7/h7,11H,3-6H2,1-2H3. The summed E-state index contributed by atoms with van der Waals surface area (Å²) in [7, 11) is 3.45. The van der Waals surface area contributed by atoms with E-state index in [0.717, 1.165) is 6.54 Å². The summed E-state index contributed by atoms with van der Waals surface area (Å²) in [5, 5.41) is 2.53. The lowest BCUT2D eigenvalue weighted by Crippen LogP contribution is -2.39. The van der Waals surface area contributed by atoms with Crippen LogP contribution in [0, 0.1) is 5.92 Å². The number of nitrogens with zero attached hydrogens (tertiary/aromatic N) is 1. The zero-order chi connectivity index (χ0) is 9.19. The Morgan fingerprint density at radius 3 is 2.67 bits per heavy atom. The van der Waals surface area contributed by atoms with E-state index in [1.807, 2.05) is 11.9 Å². The molecule has 0 aromatic rings. The van der Waals surface area contributed by atoms with E-state index in [9.17, 15) is 8.78 Å². The van der Waals surface area contributed by atoms with Crippen LogP contribution in [0.25, 0.3) is 0 Å². The molecular weight excluding hydrogens is 162 g/mol. The van der Waals surface area contributed by atoms with E-state index in [4.69, 9.17) is 0 Å². The first-order chi connectivity index (χ1) is 5.56. The van der Waals surface area contributed by atoms with Gasteiger partial charge >= 0.3 is 0 Å². The van der Waals surface area contributed by atoms with E-state index in [1.165, 1.54) is 0 Å². The van der Waals surface area contributed by atoms with Crippen molar-refractivity contribution >= 4 is 0 Å². The van der Waals surface area contributed by atoms with E-state index in [0.29, 0.717) is 13.0 Å². The van der Waals surface area contributed by atoms with Crippen LogP contribution in [0.3, 0.4) is 0 Å². The highest BCUT2D eigenvalue weighted by molar-refractivity contribution is 4.85. The van der Waals surface area contributed by atoms with E-state index < -0.39 is 11.8 Å². The van der Waals surface area contributed by atoms with Gasteiger partial charge in [-0.1, -0.05) is 0 Å². The third-order valence-corrected chi connectivity index (χ3v) is 2.40. The predicted octanol–water partition coefficient (Wildman–Crippen LogP) is 0.793. The molecule has 1 saturated heterocycles. The molecule has 1 heterocycles. The van der Waals surface area contributed by atoms with Crippen molar-refractivity contribution in [3.05, 3.63) is 0 Å². The average molecular weight is 178 g/mol. The molecule has 0 aliphatic carbocycles. The van der Waals surface area contributed by atoms with Gasteiger partial charge in [0.1, 0.15) is 0 Å². The number of rotatable bonds is 3. The SMILES string of the molecule is CNCC(F)(F)C1CCN(C)C1. The Morgan fingerprint density at radius 1 is 1.58 bits per heavy atom. The van der Waals surface area contributed by atoms with Gasteiger partial charge in [0.15, 0.2) is 0 Å². The molecule has 1 rings (SSSR count). The Balaban J connectivity index is 2.45. The molecule has 1 fully saturated rings. The maximum atomic E-state index is 13.2. The Morgan fingerprint density at radius 2 is 2.25 bits per heavy atom. The van der Waals surface area contributed by atoms with Crippen LogP contribution in [-0.2, 0) is 0 Å². The highest BCUT2D eigenvalue weighted by Crippen LogP contribution is 2.30. The number of halogens is 2. The molecule has 0 amide bonds. The van der Waals surface area contributed by atoms with Crippen molar-refractivity contribution in [3.63, 3.8) is 0 Å². The Kier molecular flexibility index (Phi) is 3.01. The summed E-state index contributed by atoms with van der Waals surface area (Å²) in [6.45, 7) is 1.12. The monoisotopic (exact) mass is 178 g/mol. The largest absolute Gasteiger partial charge is 0.314 e. The maximum Gasteiger partial charge on any atom is 0.264 e. The summed E-state index contributed by atoms with van der Waals surface area (Å²) >= 11 is 0. The third-order valence-electron chi connectivity index (χ3n) is 2.40. The quantitative estimate of drug-likeness (QED) is 0.687. The molecule has 1 N–H and O–H groups in total. The summed E-state index contributed by atoms with van der Waals surface area (Å²) < 4.78 is 26.4. The van der Waals surface area contributed by atoms with Gasteiger partial charge in [0.05, 0.1) is 6.54 Å². The second-order valence-corrected chi connectivity index (χ2v) is 3.54. The molecule has 1 unspecified atom stereocenters. The Labute approximate surface area is 71.9 Å². The lowest BCUT2D eigenvalue weighted by Gasteiger charge is -2.22. The van der Waals surface area contributed by atoms with Crippen molar-refractivity contribution in [2.75, 3.05) is 33.7 Å². The number of hydrogen-bond donors (Lipinski definition) is 1. The van der Waals surface area contributed by atoms with Crippen molar-refractivity contribution in [2.45, 2.75) is 12.3 Å². The summed E-state index contributed by atoms with van der Waals surface area (Å²) in [5.41, 5.74) is 0. The second-order valence-electron chi connectivity index (χ2n) is 3.54. The van der Waals surface area contributed by atoms with E-state index in [-0.39, 0.29) is 6.54 Å². The molecule has 1 atom stereocenters. The van der Waals surface area contributed by atoms with E-state index >= 15 is 0 Å². The van der Waals surface area contributed by atoms with Gasteiger partial charge in [0.2, 0.25) is 0 Å². The second kappa shape index (κ2) is 3.66. The summed E-state index contributed by atoms with van der Waals surface area (Å²) in [4.78, 5) is 1.95. The molecule has 0 bridgehead atoms. The van der Waals surface area contributed by atoms with Gasteiger partial charge < -0.3 is 10.2 Å². The minimum absolute atomic E-state index is 0.203. The fraction of sp³-hybridized carbons (Fsp3) is 1.00. The molecule has 0 saturated carbocycles. The van der Waals surface area contributed by atoms with Crippen LogP contribution in [-0.4, -0.2) is 44.6 Å². The molecule has 0 aromatic carbocycles. The van der Waals surface area contributed by atoms with E-state index in [1.54, 1.807) is 7.05 Å². The van der Waals surface area contributed by atoms with Gasteiger partial charge in [-0.15, -0.1) is 0 Å². The number of likely N-dealkylation sites (tertiary alicyclic amines) is 1. The minimum atomic E-state index is -2.54. The summed E-state index contributed by atoms with van der Waals surface area (Å²) in [6.07, 6.45) is 0.616. The highest BCUT2D eigenvalue weighted by atomic mass is 19.3. The fourth-order valence-corrected chi connectivity index (χ4v) is 1.66. The van der Waals surface area contributed by atoms with Crippen LogP contribution < -0.4 is 5.32 Å². The molecule has 0 aromatic heterocycles. The molecule has 2 nitrogen and oxygen atoms in total. The van der Waals surface area contributed by atoms with Crippen LogP contribution in [0.2, 0.25) is 0 Å². The minimum Gasteiger partial charge on any atom is -0.314 e. The third kappa shape index (κ3) is 2.14. The van der Waals surface area contributed by atoms with Crippen LogP contribution in [0.4, 0.5) is 8.78 Å². The van der Waals surface area contributed by atoms with Gasteiger partial charge in [-0.25, -0.2) is 8.78 Å². The zero-order valence-electron chi connectivity index (χ0n) is 7.61. The lowest BCUT2D eigenvalue weighted by atomic mass is 10.0. The summed E-state index contributed by atoms with van der Waals surface area (Å²) in [5.74, 6) is -3.01. The highest BCUT2D eigenvalue weighted by Gasteiger charge is 2.41. The van der Waals surface area contributed by atoms with Gasteiger partial charge in [0.25, 0.3) is 5.92 Å². The van der Waals surface area contributed by atoms with Crippen LogP contribution in [0.1, 0.15) is 6.42 Å². The number of nitrogens with one attached hydrogen (secondary N) is 1. The van der Waals surface area contributed by atoms with Crippen molar-refractivity contribution in [1.29, 1.82) is 0 Å². The van der Waals surface area contributed by atoms with E-state index in [2.05, 4.69) is 5.32 Å². The van der Waals surface area contributed by atoms with Crippen LogP contribution >= 0.6 is 0 Å². The average Bonchev–Trinajstić information content (AvgIpc) is 2.36. The Hall–Kier alpha value is -0.220. The first-order valence-corrected chi connectivity index (χ1v) is 4.27.